The maximum atomic E-state index is 6.24. The summed E-state index contributed by atoms with van der Waals surface area (Å²) in [4.78, 5) is 8.42. The maximum Gasteiger partial charge on any atom is 0.134 e. The highest BCUT2D eigenvalue weighted by Gasteiger charge is 2.16. The molecule has 4 nitrogen and oxygen atoms in total. The van der Waals surface area contributed by atoms with Gasteiger partial charge in [0.1, 0.15) is 17.9 Å². The van der Waals surface area contributed by atoms with Crippen LogP contribution in [0.1, 0.15) is 5.56 Å². The van der Waals surface area contributed by atoms with Crippen molar-refractivity contribution in [2.75, 3.05) is 12.8 Å². The smallest absolute Gasteiger partial charge is 0.134 e. The van der Waals surface area contributed by atoms with Gasteiger partial charge in [0.15, 0.2) is 0 Å². The number of hydrogen-bond acceptors (Lipinski definition) is 4. The van der Waals surface area contributed by atoms with Gasteiger partial charge in [0.2, 0.25) is 0 Å². The number of halogens is 1. The molecule has 0 bridgehead atoms. The molecule has 21 heavy (non-hydrogen) atoms. The fourth-order valence-electron chi connectivity index (χ4n) is 2.44. The van der Waals surface area contributed by atoms with Crippen LogP contribution in [0.15, 0.2) is 36.7 Å². The van der Waals surface area contributed by atoms with Crippen molar-refractivity contribution in [3.63, 3.8) is 0 Å². The fraction of sp³-hybridized carbons (Fsp3) is 0.125. The molecule has 2 aromatic carbocycles. The second kappa shape index (κ2) is 5.22. The number of aromatic nitrogens is 2. The first-order valence-electron chi connectivity index (χ1n) is 6.46. The van der Waals surface area contributed by atoms with Crippen molar-refractivity contribution in [2.45, 2.75) is 6.92 Å². The molecule has 0 radical (unpaired) electrons. The molecule has 0 unspecified atom stereocenters. The summed E-state index contributed by atoms with van der Waals surface area (Å²) in [5.74, 6) is 1.18. The lowest BCUT2D eigenvalue weighted by Gasteiger charge is -2.14. The van der Waals surface area contributed by atoms with Crippen molar-refractivity contribution < 1.29 is 4.74 Å². The Morgan fingerprint density at radius 2 is 1.95 bits per heavy atom. The topological polar surface area (TPSA) is 61.0 Å². The van der Waals surface area contributed by atoms with E-state index in [1.54, 1.807) is 7.11 Å². The number of benzene rings is 2. The maximum absolute atomic E-state index is 6.24. The van der Waals surface area contributed by atoms with E-state index < -0.39 is 0 Å². The van der Waals surface area contributed by atoms with Gasteiger partial charge in [-0.3, -0.25) is 0 Å². The molecular formula is C16H14ClN3O. The molecule has 0 aliphatic rings. The molecule has 0 spiro atoms. The van der Waals surface area contributed by atoms with Crippen LogP contribution in [0.3, 0.4) is 0 Å². The van der Waals surface area contributed by atoms with E-state index in [0.717, 1.165) is 33.3 Å². The highest BCUT2D eigenvalue weighted by Crippen LogP contribution is 2.39. The van der Waals surface area contributed by atoms with E-state index in [1.165, 1.54) is 6.33 Å². The van der Waals surface area contributed by atoms with Gasteiger partial charge in [0.25, 0.3) is 0 Å². The van der Waals surface area contributed by atoms with Crippen LogP contribution in [-0.2, 0) is 0 Å². The highest BCUT2D eigenvalue weighted by molar-refractivity contribution is 6.31. The number of rotatable bonds is 2. The zero-order chi connectivity index (χ0) is 15.0. The lowest BCUT2D eigenvalue weighted by atomic mass is 9.97. The van der Waals surface area contributed by atoms with Gasteiger partial charge in [-0.05, 0) is 36.2 Å². The Hall–Kier alpha value is -2.33. The van der Waals surface area contributed by atoms with Crippen LogP contribution in [0.2, 0.25) is 5.02 Å². The van der Waals surface area contributed by atoms with Crippen LogP contribution in [0.4, 0.5) is 5.82 Å². The molecule has 1 heterocycles. The highest BCUT2D eigenvalue weighted by atomic mass is 35.5. The Balaban J connectivity index is 2.45. The second-order valence-corrected chi connectivity index (χ2v) is 5.12. The number of nitrogens with zero attached hydrogens (tertiary/aromatic N) is 2. The largest absolute Gasteiger partial charge is 0.496 e. The number of nitrogens with two attached hydrogens (primary N) is 1. The fourth-order valence-corrected chi connectivity index (χ4v) is 2.62. The normalized spacial score (nSPS) is 10.8. The molecular weight excluding hydrogens is 286 g/mol. The Morgan fingerprint density at radius 1 is 1.14 bits per heavy atom. The van der Waals surface area contributed by atoms with Gasteiger partial charge in [0, 0.05) is 10.4 Å². The summed E-state index contributed by atoms with van der Waals surface area (Å²) in [5, 5.41) is 1.50. The average Bonchev–Trinajstić information content (AvgIpc) is 2.49. The standard InChI is InChI=1S/C16H14ClN3O/c1-9-10(4-3-5-12(9)17)14-13(21-2)7-6-11-15(14)19-8-20-16(11)18/h3-8H,1-2H3,(H2,18,19,20). The van der Waals surface area contributed by atoms with Crippen LogP contribution >= 0.6 is 11.6 Å². The monoisotopic (exact) mass is 299 g/mol. The van der Waals surface area contributed by atoms with Crippen molar-refractivity contribution in [1.29, 1.82) is 0 Å². The third-order valence-corrected chi connectivity index (χ3v) is 3.97. The lowest BCUT2D eigenvalue weighted by molar-refractivity contribution is 0.417. The molecule has 2 N–H and O–H groups in total. The van der Waals surface area contributed by atoms with E-state index in [4.69, 9.17) is 22.1 Å². The van der Waals surface area contributed by atoms with E-state index in [0.29, 0.717) is 10.8 Å². The van der Waals surface area contributed by atoms with Crippen molar-refractivity contribution in [3.05, 3.63) is 47.2 Å². The molecule has 0 aliphatic carbocycles. The molecule has 0 aliphatic heterocycles. The number of hydrogen-bond donors (Lipinski definition) is 1. The predicted molar refractivity (Wildman–Crippen MR) is 85.7 cm³/mol. The minimum absolute atomic E-state index is 0.448. The summed E-state index contributed by atoms with van der Waals surface area (Å²) in [6, 6.07) is 9.51. The first kappa shape index (κ1) is 13.6. The number of methoxy groups -OCH3 is 1. The molecule has 1 aromatic heterocycles. The summed E-state index contributed by atoms with van der Waals surface area (Å²) in [6.45, 7) is 1.97. The molecule has 3 aromatic rings. The molecule has 106 valence electrons. The Kier molecular flexibility index (Phi) is 3.39. The summed E-state index contributed by atoms with van der Waals surface area (Å²) >= 11 is 6.24. The van der Waals surface area contributed by atoms with E-state index in [2.05, 4.69) is 9.97 Å². The SMILES string of the molecule is COc1ccc2c(N)ncnc2c1-c1cccc(Cl)c1C. The average molecular weight is 300 g/mol. The van der Waals surface area contributed by atoms with E-state index in [1.807, 2.05) is 37.3 Å². The van der Waals surface area contributed by atoms with Gasteiger partial charge in [-0.2, -0.15) is 0 Å². The van der Waals surface area contributed by atoms with Gasteiger partial charge in [-0.25, -0.2) is 9.97 Å². The number of fused-ring (bicyclic) bond motifs is 1. The molecule has 0 saturated heterocycles. The number of ether oxygens (including phenoxy) is 1. The van der Waals surface area contributed by atoms with Gasteiger partial charge < -0.3 is 10.5 Å². The quantitative estimate of drug-likeness (QED) is 0.781. The van der Waals surface area contributed by atoms with Crippen molar-refractivity contribution in [1.82, 2.24) is 9.97 Å². The molecule has 0 fully saturated rings. The van der Waals surface area contributed by atoms with Crippen LogP contribution in [0, 0.1) is 6.92 Å². The zero-order valence-electron chi connectivity index (χ0n) is 11.7. The second-order valence-electron chi connectivity index (χ2n) is 4.71. The summed E-state index contributed by atoms with van der Waals surface area (Å²) in [6.07, 6.45) is 1.46. The molecule has 5 heteroatoms. The van der Waals surface area contributed by atoms with Gasteiger partial charge >= 0.3 is 0 Å². The van der Waals surface area contributed by atoms with E-state index in [9.17, 15) is 0 Å². The zero-order valence-corrected chi connectivity index (χ0v) is 12.5. The van der Waals surface area contributed by atoms with Gasteiger partial charge in [-0.15, -0.1) is 0 Å². The molecule has 0 saturated carbocycles. The summed E-state index contributed by atoms with van der Waals surface area (Å²) in [7, 11) is 1.63. The number of anilines is 1. The van der Waals surface area contributed by atoms with E-state index >= 15 is 0 Å². The van der Waals surface area contributed by atoms with Crippen molar-refractivity contribution >= 4 is 28.3 Å². The third-order valence-electron chi connectivity index (χ3n) is 3.56. The first-order valence-corrected chi connectivity index (χ1v) is 6.84. The Bertz CT molecular complexity index is 833. The Morgan fingerprint density at radius 3 is 2.71 bits per heavy atom. The van der Waals surface area contributed by atoms with Gasteiger partial charge in [0.05, 0.1) is 18.2 Å². The number of nitrogen functional groups attached to an aromatic ring is 1. The van der Waals surface area contributed by atoms with Gasteiger partial charge in [-0.1, -0.05) is 23.7 Å². The van der Waals surface area contributed by atoms with Crippen LogP contribution in [-0.4, -0.2) is 17.1 Å². The van der Waals surface area contributed by atoms with Crippen LogP contribution in [0.5, 0.6) is 5.75 Å². The third kappa shape index (κ3) is 2.17. The molecule has 0 amide bonds. The minimum atomic E-state index is 0.448. The van der Waals surface area contributed by atoms with E-state index in [-0.39, 0.29) is 0 Å². The Labute approximate surface area is 127 Å². The van der Waals surface area contributed by atoms with Crippen molar-refractivity contribution in [2.24, 2.45) is 0 Å². The summed E-state index contributed by atoms with van der Waals surface area (Å²) < 4.78 is 5.50. The predicted octanol–water partition coefficient (Wildman–Crippen LogP) is 3.85. The van der Waals surface area contributed by atoms with Crippen LogP contribution < -0.4 is 10.5 Å². The molecule has 3 rings (SSSR count). The minimum Gasteiger partial charge on any atom is -0.496 e. The van der Waals surface area contributed by atoms with Crippen molar-refractivity contribution in [3.8, 4) is 16.9 Å². The van der Waals surface area contributed by atoms with Crippen LogP contribution in [0.25, 0.3) is 22.0 Å². The summed E-state index contributed by atoms with van der Waals surface area (Å²) in [5.41, 5.74) is 9.53. The lowest BCUT2D eigenvalue weighted by Crippen LogP contribution is -1.97. The molecule has 0 atom stereocenters. The first-order chi connectivity index (χ1) is 10.1.